The third-order valence-corrected chi connectivity index (χ3v) is 5.72. The Morgan fingerprint density at radius 2 is 1.72 bits per heavy atom. The van der Waals surface area contributed by atoms with Gasteiger partial charge in [-0.25, -0.2) is 0 Å². The van der Waals surface area contributed by atoms with E-state index in [0.717, 1.165) is 11.5 Å². The van der Waals surface area contributed by atoms with Gasteiger partial charge in [0.25, 0.3) is 0 Å². The van der Waals surface area contributed by atoms with Crippen LogP contribution in [0.4, 0.5) is 0 Å². The molecule has 0 aliphatic carbocycles. The van der Waals surface area contributed by atoms with Crippen molar-refractivity contribution in [2.45, 2.75) is 52.3 Å². The summed E-state index contributed by atoms with van der Waals surface area (Å²) in [4.78, 5) is 0. The van der Waals surface area contributed by atoms with E-state index in [0.29, 0.717) is 6.42 Å². The molecule has 1 N–H and O–H groups in total. The molecule has 0 fully saturated rings. The zero-order valence-electron chi connectivity index (χ0n) is 11.8. The van der Waals surface area contributed by atoms with Crippen LogP contribution in [0, 0.1) is 0 Å². The van der Waals surface area contributed by atoms with Crippen LogP contribution in [-0.4, -0.2) is 35.7 Å². The Morgan fingerprint density at radius 1 is 1.11 bits per heavy atom. The summed E-state index contributed by atoms with van der Waals surface area (Å²) in [6.07, 6.45) is 4.11. The summed E-state index contributed by atoms with van der Waals surface area (Å²) in [5.74, 6) is 0.874. The lowest BCUT2D eigenvalue weighted by molar-refractivity contribution is 0.147. The number of hydrogen-bond donors (Lipinski definition) is 1. The molecule has 0 aromatic rings. The van der Waals surface area contributed by atoms with Gasteiger partial charge >= 0.3 is 7.60 Å². The van der Waals surface area contributed by atoms with Crippen molar-refractivity contribution in [1.29, 1.82) is 0 Å². The van der Waals surface area contributed by atoms with E-state index in [9.17, 15) is 9.67 Å². The summed E-state index contributed by atoms with van der Waals surface area (Å²) in [7, 11) is -3.33. The van der Waals surface area contributed by atoms with Gasteiger partial charge in [-0.3, -0.25) is 4.57 Å². The molecule has 4 nitrogen and oxygen atoms in total. The summed E-state index contributed by atoms with van der Waals surface area (Å²) in [5.41, 5.74) is 0. The first kappa shape index (κ1) is 18.5. The van der Waals surface area contributed by atoms with Crippen LogP contribution in [0.15, 0.2) is 0 Å². The second kappa shape index (κ2) is 11.3. The summed E-state index contributed by atoms with van der Waals surface area (Å²) in [6, 6.07) is 0. The average Bonchev–Trinajstić information content (AvgIpc) is 2.34. The topological polar surface area (TPSA) is 55.8 Å². The van der Waals surface area contributed by atoms with E-state index in [4.69, 9.17) is 9.05 Å². The number of unbranched alkanes of at least 4 members (excludes halogenated alkanes) is 2. The van der Waals surface area contributed by atoms with Gasteiger partial charge in [-0.1, -0.05) is 19.8 Å². The molecule has 0 saturated heterocycles. The Morgan fingerprint density at radius 3 is 2.22 bits per heavy atom. The molecule has 1 atom stereocenters. The van der Waals surface area contributed by atoms with Crippen LogP contribution < -0.4 is 0 Å². The van der Waals surface area contributed by atoms with Crippen LogP contribution in [0.5, 0.6) is 0 Å². The van der Waals surface area contributed by atoms with Gasteiger partial charge in [0.05, 0.1) is 13.2 Å². The predicted molar refractivity (Wildman–Crippen MR) is 78.3 cm³/mol. The van der Waals surface area contributed by atoms with Crippen molar-refractivity contribution in [3.8, 4) is 0 Å². The number of rotatable bonds is 12. The second-order valence-corrected chi connectivity index (χ2v) is 7.38. The highest BCUT2D eigenvalue weighted by atomic mass is 32.2. The molecule has 0 aliphatic rings. The Hall–Kier alpha value is 0.460. The summed E-state index contributed by atoms with van der Waals surface area (Å²) < 4.78 is 22.4. The minimum atomic E-state index is -3.33. The SMILES string of the molecule is CCCCCSCCC(O)P(=O)(OCC)OCC. The van der Waals surface area contributed by atoms with E-state index in [1.807, 2.05) is 0 Å². The lowest BCUT2D eigenvalue weighted by atomic mass is 10.3. The van der Waals surface area contributed by atoms with E-state index in [2.05, 4.69) is 6.92 Å². The zero-order chi connectivity index (χ0) is 13.9. The van der Waals surface area contributed by atoms with E-state index < -0.39 is 13.4 Å². The average molecular weight is 298 g/mol. The Bertz CT molecular complexity index is 228. The maximum Gasteiger partial charge on any atom is 0.358 e. The van der Waals surface area contributed by atoms with Crippen LogP contribution in [0.2, 0.25) is 0 Å². The number of hydrogen-bond acceptors (Lipinski definition) is 5. The molecule has 18 heavy (non-hydrogen) atoms. The van der Waals surface area contributed by atoms with Crippen molar-refractivity contribution >= 4 is 19.4 Å². The van der Waals surface area contributed by atoms with Crippen LogP contribution in [-0.2, 0) is 13.6 Å². The van der Waals surface area contributed by atoms with Crippen LogP contribution in [0.1, 0.15) is 46.5 Å². The Kier molecular flexibility index (Phi) is 11.6. The van der Waals surface area contributed by atoms with Crippen molar-refractivity contribution in [2.75, 3.05) is 24.7 Å². The minimum absolute atomic E-state index is 0.290. The molecule has 0 amide bonds. The summed E-state index contributed by atoms with van der Waals surface area (Å²) in [5, 5.41) is 9.91. The fourth-order valence-electron chi connectivity index (χ4n) is 1.47. The maximum atomic E-state index is 12.2. The molecule has 0 aromatic carbocycles. The van der Waals surface area contributed by atoms with Gasteiger partial charge in [0.2, 0.25) is 0 Å². The first-order valence-electron chi connectivity index (χ1n) is 6.75. The molecule has 0 spiro atoms. The highest BCUT2D eigenvalue weighted by molar-refractivity contribution is 7.99. The summed E-state index contributed by atoms with van der Waals surface area (Å²) >= 11 is 1.78. The lowest BCUT2D eigenvalue weighted by Crippen LogP contribution is -2.13. The van der Waals surface area contributed by atoms with Gasteiger partial charge in [-0.15, -0.1) is 0 Å². The van der Waals surface area contributed by atoms with Gasteiger partial charge < -0.3 is 14.2 Å². The van der Waals surface area contributed by atoms with Gasteiger partial charge in [-0.05, 0) is 38.2 Å². The molecule has 0 saturated carbocycles. The number of thioether (sulfide) groups is 1. The second-order valence-electron chi connectivity index (χ2n) is 3.96. The third-order valence-electron chi connectivity index (χ3n) is 2.40. The standard InChI is InChI=1S/C12H27O4PS/c1-4-7-8-10-18-11-9-12(13)17(14,15-5-2)16-6-3/h12-13H,4-11H2,1-3H3. The molecular formula is C12H27O4PS. The number of aliphatic hydroxyl groups excluding tert-OH is 1. The zero-order valence-corrected chi connectivity index (χ0v) is 13.5. The minimum Gasteiger partial charge on any atom is -0.380 e. The molecule has 0 radical (unpaired) electrons. The normalized spacial score (nSPS) is 13.8. The highest BCUT2D eigenvalue weighted by Gasteiger charge is 2.33. The Labute approximate surface area is 115 Å². The highest BCUT2D eigenvalue weighted by Crippen LogP contribution is 2.53. The Balaban J connectivity index is 3.89. The fraction of sp³-hybridized carbons (Fsp3) is 1.00. The van der Waals surface area contributed by atoms with Crippen LogP contribution >= 0.6 is 19.4 Å². The number of aliphatic hydroxyl groups is 1. The molecule has 0 aliphatic heterocycles. The van der Waals surface area contributed by atoms with Gasteiger partial charge in [0.1, 0.15) is 0 Å². The van der Waals surface area contributed by atoms with Gasteiger partial charge in [0.15, 0.2) is 5.85 Å². The maximum absolute atomic E-state index is 12.2. The van der Waals surface area contributed by atoms with Gasteiger partial charge in [-0.2, -0.15) is 11.8 Å². The van der Waals surface area contributed by atoms with Crippen molar-refractivity contribution < 1.29 is 18.7 Å². The monoisotopic (exact) mass is 298 g/mol. The molecule has 0 heterocycles. The quantitative estimate of drug-likeness (QED) is 0.437. The van der Waals surface area contributed by atoms with Crippen molar-refractivity contribution in [3.05, 3.63) is 0 Å². The molecular weight excluding hydrogens is 271 g/mol. The third kappa shape index (κ3) is 7.80. The van der Waals surface area contributed by atoms with Crippen LogP contribution in [0.25, 0.3) is 0 Å². The molecule has 0 rings (SSSR count). The predicted octanol–water partition coefficient (Wildman–Crippen LogP) is 3.88. The largest absolute Gasteiger partial charge is 0.380 e. The first-order chi connectivity index (χ1) is 8.60. The van der Waals surface area contributed by atoms with Crippen molar-refractivity contribution in [2.24, 2.45) is 0 Å². The lowest BCUT2D eigenvalue weighted by Gasteiger charge is -2.22. The molecule has 0 aromatic heterocycles. The van der Waals surface area contributed by atoms with Gasteiger partial charge in [0, 0.05) is 0 Å². The van der Waals surface area contributed by atoms with E-state index in [1.54, 1.807) is 25.6 Å². The van der Waals surface area contributed by atoms with Crippen molar-refractivity contribution in [1.82, 2.24) is 0 Å². The molecule has 110 valence electrons. The van der Waals surface area contributed by atoms with Crippen LogP contribution in [0.3, 0.4) is 0 Å². The molecule has 6 heteroatoms. The summed E-state index contributed by atoms with van der Waals surface area (Å²) in [6.45, 7) is 6.25. The molecule has 0 bridgehead atoms. The smallest absolute Gasteiger partial charge is 0.358 e. The van der Waals surface area contributed by atoms with E-state index in [1.165, 1.54) is 19.3 Å². The van der Waals surface area contributed by atoms with Crippen molar-refractivity contribution in [3.63, 3.8) is 0 Å². The van der Waals surface area contributed by atoms with E-state index in [-0.39, 0.29) is 13.2 Å². The fourth-order valence-corrected chi connectivity index (χ4v) is 4.23. The molecule has 1 unspecified atom stereocenters. The first-order valence-corrected chi connectivity index (χ1v) is 9.51. The van der Waals surface area contributed by atoms with E-state index >= 15 is 0 Å².